The second kappa shape index (κ2) is 14.9. The van der Waals surface area contributed by atoms with E-state index in [0.29, 0.717) is 0 Å². The molecular formula is C21H44IN5. The maximum Gasteiger partial charge on any atom is 0.190 e. The van der Waals surface area contributed by atoms with Crippen LogP contribution in [0.3, 0.4) is 0 Å². The Balaban J connectivity index is 0.00000364. The number of likely N-dealkylation sites (tertiary alicyclic amines) is 2. The Morgan fingerprint density at radius 1 is 0.778 bits per heavy atom. The largest absolute Gasteiger partial charge is 0.356 e. The van der Waals surface area contributed by atoms with Gasteiger partial charge in [0.05, 0.1) is 0 Å². The molecule has 0 bridgehead atoms. The molecule has 0 aromatic rings. The zero-order chi connectivity index (χ0) is 18.6. The Morgan fingerprint density at radius 3 is 1.70 bits per heavy atom. The highest BCUT2D eigenvalue weighted by atomic mass is 127. The average Bonchev–Trinajstić information content (AvgIpc) is 2.66. The molecule has 2 aliphatic heterocycles. The molecule has 0 amide bonds. The van der Waals surface area contributed by atoms with E-state index in [4.69, 9.17) is 0 Å². The van der Waals surface area contributed by atoms with Crippen LogP contribution in [0.5, 0.6) is 0 Å². The van der Waals surface area contributed by atoms with Crippen LogP contribution in [-0.4, -0.2) is 75.2 Å². The lowest BCUT2D eigenvalue weighted by atomic mass is 9.99. The first kappa shape index (κ1) is 25.0. The minimum atomic E-state index is 0. The van der Waals surface area contributed by atoms with Crippen LogP contribution in [0, 0.1) is 11.8 Å². The van der Waals surface area contributed by atoms with Crippen molar-refractivity contribution in [3.63, 3.8) is 0 Å². The smallest absolute Gasteiger partial charge is 0.190 e. The summed E-state index contributed by atoms with van der Waals surface area (Å²) in [4.78, 5) is 9.59. The maximum absolute atomic E-state index is 4.35. The molecule has 2 aliphatic rings. The normalized spacial score (nSPS) is 21.1. The highest BCUT2D eigenvalue weighted by molar-refractivity contribution is 14.0. The van der Waals surface area contributed by atoms with Gasteiger partial charge in [-0.1, -0.05) is 13.8 Å². The van der Waals surface area contributed by atoms with E-state index < -0.39 is 0 Å². The first-order valence-electron chi connectivity index (χ1n) is 11.1. The monoisotopic (exact) mass is 493 g/mol. The summed E-state index contributed by atoms with van der Waals surface area (Å²) < 4.78 is 0. The number of halogens is 1. The summed E-state index contributed by atoms with van der Waals surface area (Å²) in [6.07, 6.45) is 9.20. The van der Waals surface area contributed by atoms with Crippen LogP contribution >= 0.6 is 24.0 Å². The summed E-state index contributed by atoms with van der Waals surface area (Å²) in [7, 11) is 1.87. The average molecular weight is 494 g/mol. The van der Waals surface area contributed by atoms with Crippen molar-refractivity contribution in [1.29, 1.82) is 0 Å². The predicted molar refractivity (Wildman–Crippen MR) is 128 cm³/mol. The molecule has 27 heavy (non-hydrogen) atoms. The molecule has 2 N–H and O–H groups in total. The van der Waals surface area contributed by atoms with E-state index in [1.807, 2.05) is 7.05 Å². The van der Waals surface area contributed by atoms with Crippen molar-refractivity contribution in [3.8, 4) is 0 Å². The third-order valence-electron chi connectivity index (χ3n) is 6.11. The third-order valence-corrected chi connectivity index (χ3v) is 6.11. The number of hydrogen-bond donors (Lipinski definition) is 2. The van der Waals surface area contributed by atoms with Gasteiger partial charge in [-0.3, -0.25) is 4.99 Å². The molecular weight excluding hydrogens is 449 g/mol. The topological polar surface area (TPSA) is 42.9 Å². The fourth-order valence-electron chi connectivity index (χ4n) is 3.97. The van der Waals surface area contributed by atoms with Gasteiger partial charge < -0.3 is 20.4 Å². The molecule has 0 aromatic heterocycles. The number of rotatable bonds is 9. The molecule has 2 rings (SSSR count). The van der Waals surface area contributed by atoms with Gasteiger partial charge >= 0.3 is 0 Å². The molecule has 0 radical (unpaired) electrons. The van der Waals surface area contributed by atoms with Crippen molar-refractivity contribution >= 4 is 29.9 Å². The number of nitrogens with one attached hydrogen (secondary N) is 2. The molecule has 0 aromatic carbocycles. The number of piperidine rings is 2. The molecule has 0 atom stereocenters. The molecule has 0 saturated carbocycles. The standard InChI is InChI=1S/C21H43N5.HI/c1-19-7-15-25(16-8-19)13-5-4-11-23-21(22-3)24-12-6-14-26-17-9-20(2)10-18-26;/h19-20H,4-18H2,1-3H3,(H2,22,23,24);1H. The summed E-state index contributed by atoms with van der Waals surface area (Å²) >= 11 is 0. The van der Waals surface area contributed by atoms with Crippen molar-refractivity contribution in [3.05, 3.63) is 0 Å². The highest BCUT2D eigenvalue weighted by Crippen LogP contribution is 2.16. The number of hydrogen-bond acceptors (Lipinski definition) is 3. The van der Waals surface area contributed by atoms with Crippen LogP contribution in [0.2, 0.25) is 0 Å². The number of aliphatic imine (C=N–C) groups is 1. The van der Waals surface area contributed by atoms with Crippen LogP contribution in [0.25, 0.3) is 0 Å². The second-order valence-electron chi connectivity index (χ2n) is 8.53. The number of guanidine groups is 1. The fraction of sp³-hybridized carbons (Fsp3) is 0.952. The van der Waals surface area contributed by atoms with Crippen LogP contribution in [0.4, 0.5) is 0 Å². The summed E-state index contributed by atoms with van der Waals surface area (Å²) in [5.74, 6) is 2.82. The quantitative estimate of drug-likeness (QED) is 0.224. The molecule has 0 aliphatic carbocycles. The molecule has 0 spiro atoms. The second-order valence-corrected chi connectivity index (χ2v) is 8.53. The van der Waals surface area contributed by atoms with Gasteiger partial charge in [0, 0.05) is 20.1 Å². The Morgan fingerprint density at radius 2 is 1.22 bits per heavy atom. The zero-order valence-corrected chi connectivity index (χ0v) is 20.3. The minimum Gasteiger partial charge on any atom is -0.356 e. The Kier molecular flexibility index (Phi) is 13.7. The van der Waals surface area contributed by atoms with Crippen molar-refractivity contribution in [2.24, 2.45) is 16.8 Å². The molecule has 0 unspecified atom stereocenters. The summed E-state index contributed by atoms with van der Waals surface area (Å²) in [5.41, 5.74) is 0. The van der Waals surface area contributed by atoms with Crippen molar-refractivity contribution < 1.29 is 0 Å². The van der Waals surface area contributed by atoms with Crippen LogP contribution in [0.15, 0.2) is 4.99 Å². The summed E-state index contributed by atoms with van der Waals surface area (Å²) in [6.45, 7) is 14.4. The Labute approximate surface area is 185 Å². The van der Waals surface area contributed by atoms with Gasteiger partial charge in [0.25, 0.3) is 0 Å². The van der Waals surface area contributed by atoms with Gasteiger partial charge in [-0.15, -0.1) is 24.0 Å². The summed E-state index contributed by atoms with van der Waals surface area (Å²) in [6, 6.07) is 0. The number of nitrogens with zero attached hydrogens (tertiary/aromatic N) is 3. The van der Waals surface area contributed by atoms with Crippen LogP contribution < -0.4 is 10.6 Å². The Hall–Kier alpha value is -0.0800. The van der Waals surface area contributed by atoms with Gasteiger partial charge in [-0.2, -0.15) is 0 Å². The molecule has 2 heterocycles. The minimum absolute atomic E-state index is 0. The van der Waals surface area contributed by atoms with Gasteiger partial charge in [-0.05, 0) is 96.1 Å². The van der Waals surface area contributed by atoms with Crippen molar-refractivity contribution in [2.45, 2.75) is 58.8 Å². The fourth-order valence-corrected chi connectivity index (χ4v) is 3.97. The van der Waals surface area contributed by atoms with E-state index in [0.717, 1.165) is 30.9 Å². The Bertz CT molecular complexity index is 388. The molecule has 2 saturated heterocycles. The van der Waals surface area contributed by atoms with E-state index >= 15 is 0 Å². The molecule has 2 fully saturated rings. The molecule has 5 nitrogen and oxygen atoms in total. The van der Waals surface area contributed by atoms with E-state index in [9.17, 15) is 0 Å². The highest BCUT2D eigenvalue weighted by Gasteiger charge is 2.15. The number of unbranched alkanes of at least 4 members (excludes halogenated alkanes) is 1. The third kappa shape index (κ3) is 10.9. The van der Waals surface area contributed by atoms with E-state index in [2.05, 4.69) is 39.3 Å². The maximum atomic E-state index is 4.35. The molecule has 6 heteroatoms. The van der Waals surface area contributed by atoms with E-state index in [1.165, 1.54) is 84.2 Å². The molecule has 160 valence electrons. The summed E-state index contributed by atoms with van der Waals surface area (Å²) in [5, 5.41) is 6.93. The van der Waals surface area contributed by atoms with Gasteiger partial charge in [-0.25, -0.2) is 0 Å². The van der Waals surface area contributed by atoms with Crippen LogP contribution in [-0.2, 0) is 0 Å². The van der Waals surface area contributed by atoms with Crippen molar-refractivity contribution in [1.82, 2.24) is 20.4 Å². The zero-order valence-electron chi connectivity index (χ0n) is 18.0. The van der Waals surface area contributed by atoms with Crippen LogP contribution in [0.1, 0.15) is 58.8 Å². The van der Waals surface area contributed by atoms with Gasteiger partial charge in [0.1, 0.15) is 0 Å². The predicted octanol–water partition coefficient (Wildman–Crippen LogP) is 3.40. The van der Waals surface area contributed by atoms with Gasteiger partial charge in [0.15, 0.2) is 5.96 Å². The lowest BCUT2D eigenvalue weighted by molar-refractivity contribution is 0.189. The SMILES string of the molecule is CN=C(NCCCCN1CCC(C)CC1)NCCCN1CCC(C)CC1.I. The van der Waals surface area contributed by atoms with Crippen molar-refractivity contribution in [2.75, 3.05) is 59.4 Å². The van der Waals surface area contributed by atoms with E-state index in [1.54, 1.807) is 0 Å². The van der Waals surface area contributed by atoms with E-state index in [-0.39, 0.29) is 24.0 Å². The first-order chi connectivity index (χ1) is 12.7. The lowest BCUT2D eigenvalue weighted by Crippen LogP contribution is -2.40. The lowest BCUT2D eigenvalue weighted by Gasteiger charge is -2.30. The van der Waals surface area contributed by atoms with Gasteiger partial charge in [0.2, 0.25) is 0 Å². The first-order valence-corrected chi connectivity index (χ1v) is 11.1.